The Morgan fingerprint density at radius 2 is 1.90 bits per heavy atom. The van der Waals surface area contributed by atoms with Gasteiger partial charge in [-0.1, -0.05) is 6.07 Å². The van der Waals surface area contributed by atoms with Crippen LogP contribution in [0.15, 0.2) is 41.1 Å². The highest BCUT2D eigenvalue weighted by Crippen LogP contribution is 2.29. The second kappa shape index (κ2) is 7.86. The lowest BCUT2D eigenvalue weighted by molar-refractivity contribution is 0.0197. The minimum Gasteiger partial charge on any atom is -0.464 e. The second-order valence-electron chi connectivity index (χ2n) is 7.23. The fourth-order valence-electron chi connectivity index (χ4n) is 2.68. The zero-order valence-electron chi connectivity index (χ0n) is 16.1. The minimum absolute atomic E-state index is 0.0237. The average Bonchev–Trinajstić information content (AvgIpc) is 3.00. The highest BCUT2D eigenvalue weighted by Gasteiger charge is 2.25. The largest absolute Gasteiger partial charge is 0.514 e. The van der Waals surface area contributed by atoms with Gasteiger partial charge >= 0.3 is 12.2 Å². The van der Waals surface area contributed by atoms with Crippen LogP contribution in [0.1, 0.15) is 36.7 Å². The van der Waals surface area contributed by atoms with E-state index in [0.717, 1.165) is 10.8 Å². The van der Waals surface area contributed by atoms with Crippen molar-refractivity contribution >= 4 is 45.0 Å². The lowest BCUT2D eigenvalue weighted by Gasteiger charge is -2.18. The van der Waals surface area contributed by atoms with Crippen molar-refractivity contribution in [3.8, 4) is 5.75 Å². The first-order valence-electron chi connectivity index (χ1n) is 8.62. The number of rotatable bonds is 3. The zero-order valence-corrected chi connectivity index (χ0v) is 17.7. The number of ether oxygens (including phenoxy) is 2. The number of carbonyl (C=O) groups is 3. The molecule has 0 amide bonds. The molecule has 3 rings (SSSR count). The topological polar surface area (TPSA) is 108 Å². The molecule has 0 aliphatic heterocycles. The van der Waals surface area contributed by atoms with Crippen LogP contribution in [-0.2, 0) is 4.74 Å². The summed E-state index contributed by atoms with van der Waals surface area (Å²) in [5, 5.41) is 9.58. The lowest BCUT2D eigenvalue weighted by atomic mass is 10.0. The first-order chi connectivity index (χ1) is 14.0. The molecule has 0 radical (unpaired) electrons. The fraction of sp³-hybridized carbons (Fsp3) is 0.200. The Kier molecular flexibility index (Phi) is 5.62. The molecule has 0 atom stereocenters. The van der Waals surface area contributed by atoms with E-state index in [2.05, 4.69) is 20.9 Å². The molecule has 10 heteroatoms. The van der Waals surface area contributed by atoms with Crippen LogP contribution in [0.2, 0.25) is 0 Å². The van der Waals surface area contributed by atoms with Crippen LogP contribution in [0.3, 0.4) is 0 Å². The number of aromatic nitrogens is 2. The quantitative estimate of drug-likeness (QED) is 0.320. The first-order valence-corrected chi connectivity index (χ1v) is 9.41. The van der Waals surface area contributed by atoms with Gasteiger partial charge in [-0.05, 0) is 54.9 Å². The number of fused-ring (bicyclic) bond motifs is 1. The van der Waals surface area contributed by atoms with E-state index >= 15 is 0 Å². The van der Waals surface area contributed by atoms with Crippen LogP contribution < -0.4 is 4.74 Å². The van der Waals surface area contributed by atoms with Gasteiger partial charge in [0.2, 0.25) is 0 Å². The Morgan fingerprint density at radius 3 is 2.53 bits per heavy atom. The molecule has 156 valence electrons. The molecule has 3 aromatic rings. The molecule has 2 heterocycles. The molecule has 0 aliphatic carbocycles. The number of halogens is 2. The molecule has 0 fully saturated rings. The molecule has 1 N–H and O–H groups in total. The normalized spacial score (nSPS) is 11.4. The number of benzene rings is 1. The molecule has 0 saturated heterocycles. The predicted molar refractivity (Wildman–Crippen MR) is 108 cm³/mol. The lowest BCUT2D eigenvalue weighted by Crippen LogP contribution is -2.26. The van der Waals surface area contributed by atoms with Gasteiger partial charge in [-0.2, -0.15) is 0 Å². The summed E-state index contributed by atoms with van der Waals surface area (Å²) >= 11 is 3.22. The number of hydrogen-bond acceptors (Lipinski definition) is 6. The Balaban J connectivity index is 2.03. The van der Waals surface area contributed by atoms with Crippen molar-refractivity contribution in [2.75, 3.05) is 0 Å². The monoisotopic (exact) mass is 478 g/mol. The minimum atomic E-state index is -1.35. The van der Waals surface area contributed by atoms with Crippen LogP contribution in [0, 0.1) is 5.82 Å². The van der Waals surface area contributed by atoms with Crippen LogP contribution in [0.25, 0.3) is 11.0 Å². The van der Waals surface area contributed by atoms with E-state index in [4.69, 9.17) is 9.47 Å². The van der Waals surface area contributed by atoms with Crippen molar-refractivity contribution in [1.82, 2.24) is 9.55 Å². The summed E-state index contributed by atoms with van der Waals surface area (Å²) in [4.78, 5) is 40.4. The second-order valence-corrected chi connectivity index (χ2v) is 8.15. The summed E-state index contributed by atoms with van der Waals surface area (Å²) in [6, 6.07) is 5.22. The standard InChI is InChI=1S/C20H16BrFN2O6/c1-20(2,3)30-19(28)29-14-6-4-5-11(15(14)22)16(25)13-9-24(18(26)27)17-12(13)7-10(21)8-23-17/h4-9H,1-3H3,(H,26,27). The third-order valence-corrected chi connectivity index (χ3v) is 4.28. The number of pyridine rings is 1. The molecule has 2 aromatic heterocycles. The van der Waals surface area contributed by atoms with E-state index in [1.54, 1.807) is 20.8 Å². The van der Waals surface area contributed by atoms with Crippen molar-refractivity contribution < 1.29 is 33.4 Å². The maximum atomic E-state index is 14.9. The third kappa shape index (κ3) is 4.33. The molecule has 0 aliphatic rings. The van der Waals surface area contributed by atoms with E-state index in [1.165, 1.54) is 30.5 Å². The molecule has 8 nitrogen and oxygen atoms in total. The van der Waals surface area contributed by atoms with E-state index in [9.17, 15) is 23.9 Å². The molecule has 0 spiro atoms. The average molecular weight is 479 g/mol. The molecule has 30 heavy (non-hydrogen) atoms. The number of nitrogens with zero attached hydrogens (tertiary/aromatic N) is 2. The van der Waals surface area contributed by atoms with Crippen LogP contribution in [-0.4, -0.2) is 38.3 Å². The Hall–Kier alpha value is -3.27. The molecule has 1 aromatic carbocycles. The summed E-state index contributed by atoms with van der Waals surface area (Å²) in [5.41, 5.74) is -1.30. The zero-order chi connectivity index (χ0) is 22.2. The van der Waals surface area contributed by atoms with Gasteiger partial charge < -0.3 is 14.6 Å². The summed E-state index contributed by atoms with van der Waals surface area (Å²) in [5.74, 6) is -2.36. The van der Waals surface area contributed by atoms with Crippen LogP contribution in [0.4, 0.5) is 14.0 Å². The number of carbonyl (C=O) groups excluding carboxylic acids is 2. The summed E-state index contributed by atoms with van der Waals surface area (Å²) in [7, 11) is 0. The summed E-state index contributed by atoms with van der Waals surface area (Å²) in [6.45, 7) is 4.86. The van der Waals surface area contributed by atoms with E-state index in [-0.39, 0.29) is 16.6 Å². The van der Waals surface area contributed by atoms with Gasteiger partial charge in [0.15, 0.2) is 17.3 Å². The van der Waals surface area contributed by atoms with Crippen molar-refractivity contribution in [1.29, 1.82) is 0 Å². The fourth-order valence-corrected chi connectivity index (χ4v) is 3.01. The molecule has 0 saturated carbocycles. The van der Waals surface area contributed by atoms with Gasteiger partial charge in [0.25, 0.3) is 0 Å². The van der Waals surface area contributed by atoms with Gasteiger partial charge in [-0.25, -0.2) is 23.5 Å². The van der Waals surface area contributed by atoms with Gasteiger partial charge in [0.05, 0.1) is 11.1 Å². The molecule has 0 bridgehead atoms. The number of carboxylic acid groups (broad SMARTS) is 1. The van der Waals surface area contributed by atoms with Gasteiger partial charge in [0, 0.05) is 22.3 Å². The summed E-state index contributed by atoms with van der Waals surface area (Å²) < 4.78 is 26.1. The van der Waals surface area contributed by atoms with Crippen molar-refractivity contribution in [3.63, 3.8) is 0 Å². The maximum Gasteiger partial charge on any atom is 0.514 e. The predicted octanol–water partition coefficient (Wildman–Crippen LogP) is 5.01. The van der Waals surface area contributed by atoms with Crippen molar-refractivity contribution in [3.05, 3.63) is 58.1 Å². The molecule has 0 unspecified atom stereocenters. The maximum absolute atomic E-state index is 14.9. The Bertz CT molecular complexity index is 1180. The number of ketones is 1. The van der Waals surface area contributed by atoms with Crippen LogP contribution >= 0.6 is 15.9 Å². The van der Waals surface area contributed by atoms with Gasteiger partial charge in [-0.3, -0.25) is 4.79 Å². The van der Waals surface area contributed by atoms with Crippen molar-refractivity contribution in [2.45, 2.75) is 26.4 Å². The van der Waals surface area contributed by atoms with Gasteiger partial charge in [0.1, 0.15) is 11.2 Å². The van der Waals surface area contributed by atoms with Gasteiger partial charge in [-0.15, -0.1) is 0 Å². The van der Waals surface area contributed by atoms with E-state index < -0.39 is 40.8 Å². The Morgan fingerprint density at radius 1 is 1.20 bits per heavy atom. The Labute approximate surface area is 178 Å². The van der Waals surface area contributed by atoms with Crippen molar-refractivity contribution in [2.24, 2.45) is 0 Å². The van der Waals surface area contributed by atoms with E-state index in [0.29, 0.717) is 4.47 Å². The number of hydrogen-bond donors (Lipinski definition) is 1. The summed E-state index contributed by atoms with van der Waals surface area (Å²) in [6.07, 6.45) is -0.0282. The van der Waals surface area contributed by atoms with Crippen LogP contribution in [0.5, 0.6) is 5.75 Å². The van der Waals surface area contributed by atoms with E-state index in [1.807, 2.05) is 0 Å². The highest BCUT2D eigenvalue weighted by atomic mass is 79.9. The molecular formula is C20H16BrFN2O6. The SMILES string of the molecule is CC(C)(C)OC(=O)Oc1cccc(C(=O)c2cn(C(=O)O)c3ncc(Br)cc23)c1F. The smallest absolute Gasteiger partial charge is 0.464 e. The first kappa shape index (κ1) is 21.4. The molecular weight excluding hydrogens is 463 g/mol. The highest BCUT2D eigenvalue weighted by molar-refractivity contribution is 9.10. The third-order valence-electron chi connectivity index (χ3n) is 3.85.